The molecular formula is C12H18O4. The number of epoxide rings is 1. The quantitative estimate of drug-likeness (QED) is 0.725. The van der Waals surface area contributed by atoms with Crippen molar-refractivity contribution in [2.45, 2.75) is 57.5 Å². The third kappa shape index (κ3) is 2.28. The summed E-state index contributed by atoms with van der Waals surface area (Å²) in [4.78, 5) is 11.0. The summed E-state index contributed by atoms with van der Waals surface area (Å²) < 4.78 is 11.1. The Hall–Kier alpha value is -0.870. The van der Waals surface area contributed by atoms with Crippen LogP contribution in [0, 0.1) is 0 Å². The monoisotopic (exact) mass is 226 g/mol. The van der Waals surface area contributed by atoms with Crippen LogP contribution in [0.3, 0.4) is 0 Å². The van der Waals surface area contributed by atoms with Crippen molar-refractivity contribution in [3.8, 4) is 0 Å². The first-order valence-corrected chi connectivity index (χ1v) is 5.91. The molecule has 90 valence electrons. The first-order valence-electron chi connectivity index (χ1n) is 5.91. The Morgan fingerprint density at radius 1 is 1.62 bits per heavy atom. The highest BCUT2D eigenvalue weighted by Crippen LogP contribution is 2.38. The molecule has 0 saturated carbocycles. The summed E-state index contributed by atoms with van der Waals surface area (Å²) in [5.41, 5.74) is 0.368. The van der Waals surface area contributed by atoms with E-state index in [1.54, 1.807) is 6.08 Å². The van der Waals surface area contributed by atoms with E-state index in [2.05, 4.69) is 13.8 Å². The number of ether oxygens (including phenoxy) is 2. The van der Waals surface area contributed by atoms with E-state index in [-0.39, 0.29) is 24.4 Å². The average molecular weight is 226 g/mol. The minimum atomic E-state index is -0.884. The Morgan fingerprint density at radius 2 is 2.31 bits per heavy atom. The van der Waals surface area contributed by atoms with Crippen LogP contribution < -0.4 is 0 Å². The highest BCUT2D eigenvalue weighted by Gasteiger charge is 2.48. The van der Waals surface area contributed by atoms with E-state index in [1.807, 2.05) is 0 Å². The molecule has 3 unspecified atom stereocenters. The Kier molecular flexibility index (Phi) is 3.30. The minimum absolute atomic E-state index is 0.0652. The van der Waals surface area contributed by atoms with E-state index in [1.165, 1.54) is 0 Å². The summed E-state index contributed by atoms with van der Waals surface area (Å²) in [6.07, 6.45) is 4.42. The lowest BCUT2D eigenvalue weighted by molar-refractivity contribution is -0.133. The van der Waals surface area contributed by atoms with Crippen LogP contribution in [-0.2, 0) is 14.3 Å². The number of rotatable bonds is 5. The van der Waals surface area contributed by atoms with Gasteiger partial charge in [-0.15, -0.1) is 0 Å². The van der Waals surface area contributed by atoms with Crippen molar-refractivity contribution < 1.29 is 19.4 Å². The van der Waals surface area contributed by atoms with E-state index >= 15 is 0 Å². The van der Waals surface area contributed by atoms with Crippen LogP contribution in [0.2, 0.25) is 0 Å². The normalized spacial score (nSPS) is 32.2. The average Bonchev–Trinajstić information content (AvgIpc) is 3.03. The summed E-state index contributed by atoms with van der Waals surface area (Å²) in [6.45, 7) is 4.16. The fourth-order valence-corrected chi connectivity index (χ4v) is 2.20. The molecule has 0 aromatic rings. The molecule has 0 aromatic carbocycles. The molecule has 0 aromatic heterocycles. The van der Waals surface area contributed by atoms with Crippen molar-refractivity contribution in [3.05, 3.63) is 11.6 Å². The molecule has 2 rings (SSSR count). The minimum Gasteiger partial charge on any atom is -0.478 e. The molecule has 3 atom stereocenters. The number of aliphatic carboxylic acids is 1. The van der Waals surface area contributed by atoms with E-state index in [9.17, 15) is 4.79 Å². The van der Waals surface area contributed by atoms with E-state index in [0.29, 0.717) is 5.57 Å². The summed E-state index contributed by atoms with van der Waals surface area (Å²) >= 11 is 0. The number of carbonyl (C=O) groups is 1. The predicted molar refractivity (Wildman–Crippen MR) is 58.2 cm³/mol. The summed E-state index contributed by atoms with van der Waals surface area (Å²) in [5.74, 6) is -0.884. The highest BCUT2D eigenvalue weighted by atomic mass is 16.6. The van der Waals surface area contributed by atoms with E-state index in [4.69, 9.17) is 14.6 Å². The standard InChI is InChI=1S/C12H18O4/c1-3-7(4-2)15-8-5-9(12(13)14)11-10(6-8)16-11/h5,7-8,10-11H,3-4,6H2,1-2H3,(H,13,14). The Bertz CT molecular complexity index is 306. The molecule has 4 nitrogen and oxygen atoms in total. The molecule has 0 amide bonds. The molecule has 4 heteroatoms. The van der Waals surface area contributed by atoms with Crippen molar-refractivity contribution in [3.63, 3.8) is 0 Å². The molecule has 1 aliphatic heterocycles. The molecule has 2 aliphatic rings. The van der Waals surface area contributed by atoms with Crippen LogP contribution in [0.1, 0.15) is 33.1 Å². The zero-order valence-corrected chi connectivity index (χ0v) is 9.68. The fraction of sp³-hybridized carbons (Fsp3) is 0.750. The number of hydrogen-bond donors (Lipinski definition) is 1. The molecular weight excluding hydrogens is 208 g/mol. The zero-order valence-electron chi connectivity index (χ0n) is 9.68. The predicted octanol–water partition coefficient (Wildman–Crippen LogP) is 1.74. The second-order valence-electron chi connectivity index (χ2n) is 4.37. The molecule has 1 heterocycles. The van der Waals surface area contributed by atoms with Gasteiger partial charge in [0.2, 0.25) is 0 Å². The maximum Gasteiger partial charge on any atom is 0.334 e. The van der Waals surface area contributed by atoms with Crippen molar-refractivity contribution >= 4 is 5.97 Å². The first kappa shape index (κ1) is 11.6. The van der Waals surface area contributed by atoms with Gasteiger partial charge in [-0.2, -0.15) is 0 Å². The second kappa shape index (κ2) is 4.55. The third-order valence-corrected chi connectivity index (χ3v) is 3.24. The smallest absolute Gasteiger partial charge is 0.334 e. The van der Waals surface area contributed by atoms with Crippen LogP contribution in [0.4, 0.5) is 0 Å². The van der Waals surface area contributed by atoms with Gasteiger partial charge in [0.1, 0.15) is 6.10 Å². The van der Waals surface area contributed by atoms with Gasteiger partial charge in [0.15, 0.2) is 0 Å². The van der Waals surface area contributed by atoms with Gasteiger partial charge < -0.3 is 14.6 Å². The molecule has 1 N–H and O–H groups in total. The third-order valence-electron chi connectivity index (χ3n) is 3.24. The Balaban J connectivity index is 2.01. The molecule has 0 radical (unpaired) electrons. The van der Waals surface area contributed by atoms with Crippen molar-refractivity contribution in [1.82, 2.24) is 0 Å². The van der Waals surface area contributed by atoms with Gasteiger partial charge >= 0.3 is 5.97 Å². The summed E-state index contributed by atoms with van der Waals surface area (Å²) in [5, 5.41) is 9.00. The number of fused-ring (bicyclic) bond motifs is 1. The summed E-state index contributed by atoms with van der Waals surface area (Å²) in [6, 6.07) is 0. The highest BCUT2D eigenvalue weighted by molar-refractivity contribution is 5.89. The van der Waals surface area contributed by atoms with Crippen LogP contribution in [0.25, 0.3) is 0 Å². The van der Waals surface area contributed by atoms with Gasteiger partial charge in [-0.1, -0.05) is 13.8 Å². The van der Waals surface area contributed by atoms with Crippen LogP contribution in [0.15, 0.2) is 11.6 Å². The molecule has 0 spiro atoms. The fourth-order valence-electron chi connectivity index (χ4n) is 2.20. The van der Waals surface area contributed by atoms with Gasteiger partial charge in [-0.3, -0.25) is 0 Å². The maximum absolute atomic E-state index is 11.0. The molecule has 1 aliphatic carbocycles. The van der Waals surface area contributed by atoms with Crippen LogP contribution in [0.5, 0.6) is 0 Å². The van der Waals surface area contributed by atoms with Crippen molar-refractivity contribution in [2.75, 3.05) is 0 Å². The van der Waals surface area contributed by atoms with Gasteiger partial charge in [0.05, 0.1) is 23.9 Å². The number of hydrogen-bond acceptors (Lipinski definition) is 3. The van der Waals surface area contributed by atoms with Gasteiger partial charge in [-0.25, -0.2) is 4.79 Å². The van der Waals surface area contributed by atoms with Crippen molar-refractivity contribution in [2.24, 2.45) is 0 Å². The molecule has 16 heavy (non-hydrogen) atoms. The second-order valence-corrected chi connectivity index (χ2v) is 4.37. The maximum atomic E-state index is 11.0. The first-order chi connectivity index (χ1) is 7.65. The van der Waals surface area contributed by atoms with Crippen molar-refractivity contribution in [1.29, 1.82) is 0 Å². The lowest BCUT2D eigenvalue weighted by Crippen LogP contribution is -2.27. The van der Waals surface area contributed by atoms with Gasteiger partial charge in [-0.05, 0) is 18.9 Å². The molecule has 1 saturated heterocycles. The van der Waals surface area contributed by atoms with E-state index < -0.39 is 5.97 Å². The Labute approximate surface area is 95.2 Å². The topological polar surface area (TPSA) is 59.1 Å². The zero-order chi connectivity index (χ0) is 11.7. The van der Waals surface area contributed by atoms with E-state index in [0.717, 1.165) is 19.3 Å². The summed E-state index contributed by atoms with van der Waals surface area (Å²) in [7, 11) is 0. The van der Waals surface area contributed by atoms with Crippen LogP contribution >= 0.6 is 0 Å². The number of carboxylic acid groups (broad SMARTS) is 1. The SMILES string of the molecule is CCC(CC)OC1C=C(C(=O)O)C2OC2C1. The largest absolute Gasteiger partial charge is 0.478 e. The van der Waals surface area contributed by atoms with Crippen LogP contribution in [-0.4, -0.2) is 35.5 Å². The number of carboxylic acids is 1. The van der Waals surface area contributed by atoms with Gasteiger partial charge in [0.25, 0.3) is 0 Å². The Morgan fingerprint density at radius 3 is 2.88 bits per heavy atom. The molecule has 1 fully saturated rings. The van der Waals surface area contributed by atoms with Gasteiger partial charge in [0, 0.05) is 6.42 Å². The lowest BCUT2D eigenvalue weighted by atomic mass is 9.97. The lowest BCUT2D eigenvalue weighted by Gasteiger charge is -2.22. The molecule has 0 bridgehead atoms.